The molecule has 0 radical (unpaired) electrons. The summed E-state index contributed by atoms with van der Waals surface area (Å²) in [5.41, 5.74) is 1.41. The van der Waals surface area contributed by atoms with Crippen molar-refractivity contribution in [3.63, 3.8) is 0 Å². The smallest absolute Gasteiger partial charge is 0.246 e. The van der Waals surface area contributed by atoms with Crippen LogP contribution in [0.1, 0.15) is 6.92 Å². The summed E-state index contributed by atoms with van der Waals surface area (Å²) in [6.07, 6.45) is 0. The number of fused-ring (bicyclic) bond motifs is 1. The Balaban J connectivity index is 1.77. The number of carbonyl (C=O) groups excluding carboxylic acids is 1. The molecule has 122 valence electrons. The molecular weight excluding hydrogens is 343 g/mol. The van der Waals surface area contributed by atoms with Crippen LogP contribution >= 0.6 is 23.2 Å². The topological polar surface area (TPSA) is 41.1 Å². The van der Waals surface area contributed by atoms with Crippen molar-refractivity contribution < 1.29 is 4.79 Å². The van der Waals surface area contributed by atoms with Gasteiger partial charge in [0.2, 0.25) is 5.91 Å². The van der Waals surface area contributed by atoms with Crippen LogP contribution in [0, 0.1) is 0 Å². The third kappa shape index (κ3) is 3.64. The molecule has 0 aliphatic heterocycles. The molecule has 24 heavy (non-hydrogen) atoms. The monoisotopic (exact) mass is 358 g/mol. The quantitative estimate of drug-likeness (QED) is 0.638. The Morgan fingerprint density at radius 3 is 2.54 bits per heavy atom. The number of amides is 1. The molecule has 0 saturated carbocycles. The number of rotatable bonds is 4. The summed E-state index contributed by atoms with van der Waals surface area (Å²) in [6.45, 7) is 1.80. The van der Waals surface area contributed by atoms with Gasteiger partial charge in [-0.2, -0.15) is 0 Å². The van der Waals surface area contributed by atoms with Crippen LogP contribution in [0.5, 0.6) is 0 Å². The fraction of sp³-hybridized carbons (Fsp3) is 0.105. The summed E-state index contributed by atoms with van der Waals surface area (Å²) in [6, 6.07) is 18.5. The lowest BCUT2D eigenvalue weighted by atomic mass is 10.1. The Morgan fingerprint density at radius 2 is 1.71 bits per heavy atom. The van der Waals surface area contributed by atoms with Gasteiger partial charge in [0.1, 0.15) is 6.04 Å². The van der Waals surface area contributed by atoms with Gasteiger partial charge in [0, 0.05) is 16.1 Å². The Morgan fingerprint density at radius 1 is 0.958 bits per heavy atom. The van der Waals surface area contributed by atoms with Gasteiger partial charge in [0.15, 0.2) is 0 Å². The lowest BCUT2D eigenvalue weighted by Gasteiger charge is -2.17. The third-order valence-corrected chi connectivity index (χ3v) is 4.31. The average molecular weight is 359 g/mol. The molecule has 2 N–H and O–H groups in total. The van der Waals surface area contributed by atoms with Gasteiger partial charge < -0.3 is 10.6 Å². The number of carbonyl (C=O) groups is 1. The van der Waals surface area contributed by atoms with E-state index in [1.54, 1.807) is 25.1 Å². The zero-order valence-electron chi connectivity index (χ0n) is 13.0. The number of anilines is 2. The molecule has 3 rings (SSSR count). The Bertz CT molecular complexity index is 890. The molecule has 3 aromatic rings. The van der Waals surface area contributed by atoms with Gasteiger partial charge in [-0.3, -0.25) is 4.79 Å². The molecule has 5 heteroatoms. The van der Waals surface area contributed by atoms with E-state index in [2.05, 4.69) is 10.6 Å². The highest BCUT2D eigenvalue weighted by atomic mass is 35.5. The van der Waals surface area contributed by atoms with E-state index < -0.39 is 6.04 Å². The minimum absolute atomic E-state index is 0.188. The molecule has 1 atom stereocenters. The molecule has 0 aromatic heterocycles. The van der Waals surface area contributed by atoms with Crippen LogP contribution in [-0.2, 0) is 4.79 Å². The fourth-order valence-electron chi connectivity index (χ4n) is 2.48. The number of hydrogen-bond acceptors (Lipinski definition) is 2. The maximum Gasteiger partial charge on any atom is 0.246 e. The summed E-state index contributed by atoms with van der Waals surface area (Å²) >= 11 is 12.0. The molecule has 0 fully saturated rings. The third-order valence-electron chi connectivity index (χ3n) is 3.74. The predicted molar refractivity (Wildman–Crippen MR) is 102 cm³/mol. The first-order valence-corrected chi connectivity index (χ1v) is 8.30. The summed E-state index contributed by atoms with van der Waals surface area (Å²) in [5.74, 6) is -0.188. The first-order chi connectivity index (χ1) is 11.5. The lowest BCUT2D eigenvalue weighted by molar-refractivity contribution is -0.116. The molecule has 0 bridgehead atoms. The number of benzene rings is 3. The minimum Gasteiger partial charge on any atom is -0.373 e. The van der Waals surface area contributed by atoms with Crippen molar-refractivity contribution in [3.05, 3.63) is 70.7 Å². The van der Waals surface area contributed by atoms with Crippen LogP contribution in [0.25, 0.3) is 10.8 Å². The van der Waals surface area contributed by atoms with Crippen LogP contribution in [0.15, 0.2) is 60.7 Å². The van der Waals surface area contributed by atoms with Gasteiger partial charge in [-0.25, -0.2) is 0 Å². The van der Waals surface area contributed by atoms with Crippen molar-refractivity contribution in [2.45, 2.75) is 13.0 Å². The second-order valence-electron chi connectivity index (χ2n) is 5.51. The minimum atomic E-state index is -0.439. The first kappa shape index (κ1) is 16.6. The maximum absolute atomic E-state index is 12.4. The molecule has 0 aliphatic rings. The van der Waals surface area contributed by atoms with Gasteiger partial charge in [0.05, 0.1) is 10.7 Å². The average Bonchev–Trinajstić information content (AvgIpc) is 2.58. The second kappa shape index (κ2) is 7.12. The predicted octanol–water partition coefficient (Wildman–Crippen LogP) is 5.59. The Hall–Kier alpha value is -2.23. The maximum atomic E-state index is 12.4. The standard InChI is InChI=1S/C19H16Cl2N2O/c1-12(19(24)23-18-11-14(20)9-10-16(18)21)22-17-8-4-6-13-5-2-3-7-15(13)17/h2-12,22H,1H3,(H,23,24)/t12-/m0/s1. The molecular formula is C19H16Cl2N2O. The summed E-state index contributed by atoms with van der Waals surface area (Å²) in [7, 11) is 0. The molecule has 0 aliphatic carbocycles. The van der Waals surface area contributed by atoms with Crippen LogP contribution in [-0.4, -0.2) is 11.9 Å². The zero-order chi connectivity index (χ0) is 17.1. The van der Waals surface area contributed by atoms with Gasteiger partial charge in [-0.15, -0.1) is 0 Å². The van der Waals surface area contributed by atoms with Gasteiger partial charge in [-0.05, 0) is 36.6 Å². The van der Waals surface area contributed by atoms with E-state index in [0.717, 1.165) is 16.5 Å². The van der Waals surface area contributed by atoms with Gasteiger partial charge in [0.25, 0.3) is 0 Å². The molecule has 0 spiro atoms. The van der Waals surface area contributed by atoms with Crippen molar-refractivity contribution in [2.75, 3.05) is 10.6 Å². The molecule has 1 amide bonds. The normalized spacial score (nSPS) is 12.0. The summed E-state index contributed by atoms with van der Waals surface area (Å²) in [4.78, 5) is 12.4. The van der Waals surface area contributed by atoms with E-state index in [4.69, 9.17) is 23.2 Å². The summed E-state index contributed by atoms with van der Waals surface area (Å²) < 4.78 is 0. The van der Waals surface area contributed by atoms with E-state index >= 15 is 0 Å². The molecule has 3 nitrogen and oxygen atoms in total. The number of nitrogens with one attached hydrogen (secondary N) is 2. The molecule has 0 unspecified atom stereocenters. The largest absolute Gasteiger partial charge is 0.373 e. The highest BCUT2D eigenvalue weighted by Gasteiger charge is 2.15. The van der Waals surface area contributed by atoms with Crippen LogP contribution in [0.4, 0.5) is 11.4 Å². The highest BCUT2D eigenvalue weighted by Crippen LogP contribution is 2.26. The SMILES string of the molecule is C[C@H](Nc1cccc2ccccc12)C(=O)Nc1cc(Cl)ccc1Cl. The molecule has 0 saturated heterocycles. The fourth-order valence-corrected chi connectivity index (χ4v) is 2.82. The first-order valence-electron chi connectivity index (χ1n) is 7.55. The summed E-state index contributed by atoms with van der Waals surface area (Å²) in [5, 5.41) is 9.21. The van der Waals surface area contributed by atoms with Crippen LogP contribution in [0.3, 0.4) is 0 Å². The van der Waals surface area contributed by atoms with Gasteiger partial charge in [-0.1, -0.05) is 59.6 Å². The van der Waals surface area contributed by atoms with E-state index in [0.29, 0.717) is 15.7 Å². The van der Waals surface area contributed by atoms with Crippen LogP contribution in [0.2, 0.25) is 10.0 Å². The van der Waals surface area contributed by atoms with E-state index in [-0.39, 0.29) is 5.91 Å². The molecule has 3 aromatic carbocycles. The Kier molecular flexibility index (Phi) is 4.93. The van der Waals surface area contributed by atoms with E-state index in [9.17, 15) is 4.79 Å². The second-order valence-corrected chi connectivity index (χ2v) is 6.35. The van der Waals surface area contributed by atoms with Gasteiger partial charge >= 0.3 is 0 Å². The van der Waals surface area contributed by atoms with Crippen molar-refractivity contribution in [2.24, 2.45) is 0 Å². The van der Waals surface area contributed by atoms with Crippen LogP contribution < -0.4 is 10.6 Å². The van der Waals surface area contributed by atoms with E-state index in [1.165, 1.54) is 0 Å². The van der Waals surface area contributed by atoms with Crippen molar-refractivity contribution in [1.29, 1.82) is 0 Å². The molecule has 0 heterocycles. The zero-order valence-corrected chi connectivity index (χ0v) is 14.5. The van der Waals surface area contributed by atoms with E-state index in [1.807, 2.05) is 42.5 Å². The number of halogens is 2. The Labute approximate surface area is 150 Å². The lowest BCUT2D eigenvalue weighted by Crippen LogP contribution is -2.32. The van der Waals surface area contributed by atoms with Crippen molar-refractivity contribution in [1.82, 2.24) is 0 Å². The number of hydrogen-bond donors (Lipinski definition) is 2. The van der Waals surface area contributed by atoms with Crippen molar-refractivity contribution >= 4 is 51.3 Å². The van der Waals surface area contributed by atoms with Crippen molar-refractivity contribution in [3.8, 4) is 0 Å². The highest BCUT2D eigenvalue weighted by molar-refractivity contribution is 6.35.